The van der Waals surface area contributed by atoms with Crippen LogP contribution in [0.4, 0.5) is 4.39 Å². The molecule has 8 heteroatoms. The third-order valence-corrected chi connectivity index (χ3v) is 4.08. The molecule has 0 spiro atoms. The van der Waals surface area contributed by atoms with Crippen LogP contribution < -0.4 is 20.3 Å². The molecule has 2 aromatic carbocycles. The SMILES string of the molecule is COc1cc(OC)cc(C(=O)NNC(=O)/C=C/c2ccc(-c3ccccc3F)o2)c1. The van der Waals surface area contributed by atoms with E-state index in [-0.39, 0.29) is 5.56 Å². The van der Waals surface area contributed by atoms with E-state index in [1.165, 1.54) is 44.6 Å². The number of nitrogens with one attached hydrogen (secondary N) is 2. The van der Waals surface area contributed by atoms with Crippen LogP contribution in [0.25, 0.3) is 17.4 Å². The van der Waals surface area contributed by atoms with Crippen molar-refractivity contribution in [1.82, 2.24) is 10.9 Å². The van der Waals surface area contributed by atoms with E-state index >= 15 is 0 Å². The Hall–Kier alpha value is -4.07. The molecule has 0 aliphatic carbocycles. The first-order valence-corrected chi connectivity index (χ1v) is 8.86. The van der Waals surface area contributed by atoms with E-state index in [0.29, 0.717) is 28.6 Å². The lowest BCUT2D eigenvalue weighted by atomic mass is 10.1. The molecule has 0 aliphatic heterocycles. The van der Waals surface area contributed by atoms with E-state index in [4.69, 9.17) is 13.9 Å². The van der Waals surface area contributed by atoms with Gasteiger partial charge < -0.3 is 13.9 Å². The van der Waals surface area contributed by atoms with Gasteiger partial charge >= 0.3 is 0 Å². The highest BCUT2D eigenvalue weighted by Crippen LogP contribution is 2.25. The van der Waals surface area contributed by atoms with Gasteiger partial charge in [-0.3, -0.25) is 20.4 Å². The van der Waals surface area contributed by atoms with Crippen molar-refractivity contribution in [1.29, 1.82) is 0 Å². The Kier molecular flexibility index (Phi) is 6.49. The van der Waals surface area contributed by atoms with E-state index < -0.39 is 17.6 Å². The maximum atomic E-state index is 13.8. The van der Waals surface area contributed by atoms with E-state index in [1.807, 2.05) is 0 Å². The normalized spacial score (nSPS) is 10.6. The zero-order chi connectivity index (χ0) is 21.5. The smallest absolute Gasteiger partial charge is 0.269 e. The number of halogens is 1. The molecule has 3 rings (SSSR count). The van der Waals surface area contributed by atoms with Crippen molar-refractivity contribution in [2.45, 2.75) is 0 Å². The maximum absolute atomic E-state index is 13.8. The average Bonchev–Trinajstić information content (AvgIpc) is 3.24. The summed E-state index contributed by atoms with van der Waals surface area (Å²) in [6, 6.07) is 14.1. The van der Waals surface area contributed by atoms with Crippen LogP contribution in [0.2, 0.25) is 0 Å². The van der Waals surface area contributed by atoms with Crippen molar-refractivity contribution in [3.8, 4) is 22.8 Å². The first-order valence-electron chi connectivity index (χ1n) is 8.86. The largest absolute Gasteiger partial charge is 0.497 e. The van der Waals surface area contributed by atoms with E-state index in [9.17, 15) is 14.0 Å². The molecule has 0 radical (unpaired) electrons. The highest BCUT2D eigenvalue weighted by Gasteiger charge is 2.11. The number of carbonyl (C=O) groups excluding carboxylic acids is 2. The molecule has 7 nitrogen and oxygen atoms in total. The van der Waals surface area contributed by atoms with Gasteiger partial charge in [0.15, 0.2) is 0 Å². The number of hydrazine groups is 1. The molecule has 30 heavy (non-hydrogen) atoms. The summed E-state index contributed by atoms with van der Waals surface area (Å²) < 4.78 is 29.6. The Labute approximate surface area is 172 Å². The zero-order valence-corrected chi connectivity index (χ0v) is 16.3. The Morgan fingerprint density at radius 1 is 0.967 bits per heavy atom. The number of benzene rings is 2. The molecule has 1 aromatic heterocycles. The molecular formula is C22H19FN2O5. The summed E-state index contributed by atoms with van der Waals surface area (Å²) in [6.07, 6.45) is 2.58. The predicted molar refractivity (Wildman–Crippen MR) is 108 cm³/mol. The van der Waals surface area contributed by atoms with Gasteiger partial charge in [0.2, 0.25) is 0 Å². The van der Waals surface area contributed by atoms with Crippen LogP contribution in [-0.4, -0.2) is 26.0 Å². The summed E-state index contributed by atoms with van der Waals surface area (Å²) in [5, 5.41) is 0. The van der Waals surface area contributed by atoms with Crippen LogP contribution in [0.5, 0.6) is 11.5 Å². The highest BCUT2D eigenvalue weighted by molar-refractivity contribution is 5.98. The molecule has 2 N–H and O–H groups in total. The maximum Gasteiger partial charge on any atom is 0.269 e. The molecule has 154 valence electrons. The van der Waals surface area contributed by atoms with Gasteiger partial charge in [0, 0.05) is 17.7 Å². The van der Waals surface area contributed by atoms with Gasteiger partial charge in [-0.1, -0.05) is 12.1 Å². The number of amides is 2. The van der Waals surface area contributed by atoms with Crippen molar-refractivity contribution in [3.63, 3.8) is 0 Å². The Morgan fingerprint density at radius 3 is 2.33 bits per heavy atom. The number of ether oxygens (including phenoxy) is 2. The molecule has 0 fully saturated rings. The van der Waals surface area contributed by atoms with Gasteiger partial charge in [-0.05, 0) is 42.5 Å². The minimum Gasteiger partial charge on any atom is -0.497 e. The molecule has 3 aromatic rings. The second kappa shape index (κ2) is 9.42. The molecule has 0 bridgehead atoms. The van der Waals surface area contributed by atoms with Gasteiger partial charge in [0.05, 0.1) is 19.8 Å². The third kappa shape index (κ3) is 5.05. The molecule has 2 amide bonds. The zero-order valence-electron chi connectivity index (χ0n) is 16.3. The first kappa shape index (κ1) is 20.7. The minimum atomic E-state index is -0.581. The lowest BCUT2D eigenvalue weighted by Gasteiger charge is -2.09. The van der Waals surface area contributed by atoms with Crippen molar-refractivity contribution in [2.24, 2.45) is 0 Å². The van der Waals surface area contributed by atoms with Crippen LogP contribution in [0.3, 0.4) is 0 Å². The fraction of sp³-hybridized carbons (Fsp3) is 0.0909. The van der Waals surface area contributed by atoms with Gasteiger partial charge in [0.25, 0.3) is 11.8 Å². The van der Waals surface area contributed by atoms with Crippen molar-refractivity contribution in [3.05, 3.63) is 77.8 Å². The fourth-order valence-corrected chi connectivity index (χ4v) is 2.58. The van der Waals surface area contributed by atoms with Crippen LogP contribution in [-0.2, 0) is 4.79 Å². The third-order valence-electron chi connectivity index (χ3n) is 4.08. The number of carbonyl (C=O) groups is 2. The van der Waals surface area contributed by atoms with Gasteiger partial charge in [0.1, 0.15) is 28.8 Å². The second-order valence-electron chi connectivity index (χ2n) is 6.06. The summed E-state index contributed by atoms with van der Waals surface area (Å²) in [5.41, 5.74) is 5.13. The number of hydrogen-bond acceptors (Lipinski definition) is 5. The monoisotopic (exact) mass is 410 g/mol. The number of rotatable bonds is 6. The number of furan rings is 1. The standard InChI is InChI=1S/C22H19FN2O5/c1-28-16-11-14(12-17(13-16)29-2)22(27)25-24-21(26)10-8-15-7-9-20(30-15)18-5-3-4-6-19(18)23/h3-13H,1-2H3,(H,24,26)(H,25,27)/b10-8+. The molecule has 1 heterocycles. The average molecular weight is 410 g/mol. The van der Waals surface area contributed by atoms with Crippen molar-refractivity contribution in [2.75, 3.05) is 14.2 Å². The lowest BCUT2D eigenvalue weighted by molar-refractivity contribution is -0.117. The minimum absolute atomic E-state index is 0.246. The Bertz CT molecular complexity index is 1070. The summed E-state index contributed by atoms with van der Waals surface area (Å²) in [6.45, 7) is 0. The molecule has 0 unspecified atom stereocenters. The van der Waals surface area contributed by atoms with Gasteiger partial charge in [-0.25, -0.2) is 4.39 Å². The predicted octanol–water partition coefficient (Wildman–Crippen LogP) is 3.58. The molecule has 0 saturated carbocycles. The second-order valence-corrected chi connectivity index (χ2v) is 6.06. The van der Waals surface area contributed by atoms with Crippen LogP contribution in [0, 0.1) is 5.82 Å². The summed E-state index contributed by atoms with van der Waals surface area (Å²) in [5.74, 6) is 0.0388. The molecular weight excluding hydrogens is 391 g/mol. The van der Waals surface area contributed by atoms with E-state index in [1.54, 1.807) is 36.4 Å². The summed E-state index contributed by atoms with van der Waals surface area (Å²) in [7, 11) is 2.94. The van der Waals surface area contributed by atoms with E-state index in [2.05, 4.69) is 10.9 Å². The number of hydrogen-bond donors (Lipinski definition) is 2. The van der Waals surface area contributed by atoms with Crippen LogP contribution >= 0.6 is 0 Å². The molecule has 0 atom stereocenters. The first-order chi connectivity index (χ1) is 14.5. The number of methoxy groups -OCH3 is 2. The quantitative estimate of drug-likeness (QED) is 0.479. The molecule has 0 aliphatic rings. The Balaban J connectivity index is 1.59. The lowest BCUT2D eigenvalue weighted by Crippen LogP contribution is -2.40. The summed E-state index contributed by atoms with van der Waals surface area (Å²) >= 11 is 0. The Morgan fingerprint density at radius 2 is 1.67 bits per heavy atom. The van der Waals surface area contributed by atoms with Crippen molar-refractivity contribution >= 4 is 17.9 Å². The topological polar surface area (TPSA) is 89.8 Å². The van der Waals surface area contributed by atoms with Crippen molar-refractivity contribution < 1.29 is 27.9 Å². The van der Waals surface area contributed by atoms with Crippen LogP contribution in [0.1, 0.15) is 16.1 Å². The fourth-order valence-electron chi connectivity index (χ4n) is 2.58. The van der Waals surface area contributed by atoms with Gasteiger partial charge in [-0.2, -0.15) is 0 Å². The van der Waals surface area contributed by atoms with E-state index in [0.717, 1.165) is 0 Å². The summed E-state index contributed by atoms with van der Waals surface area (Å²) in [4.78, 5) is 24.2. The van der Waals surface area contributed by atoms with Gasteiger partial charge in [-0.15, -0.1) is 0 Å². The van der Waals surface area contributed by atoms with Crippen LogP contribution in [0.15, 0.2) is 65.1 Å². The highest BCUT2D eigenvalue weighted by atomic mass is 19.1. The molecule has 0 saturated heterocycles.